The Labute approximate surface area is 193 Å². The van der Waals surface area contributed by atoms with Crippen LogP contribution < -0.4 is 15.2 Å². The molecule has 0 unspecified atom stereocenters. The van der Waals surface area contributed by atoms with Gasteiger partial charge in [-0.2, -0.15) is 0 Å². The molecule has 2 aromatic carbocycles. The quantitative estimate of drug-likeness (QED) is 0.467. The Kier molecular flexibility index (Phi) is 10.0. The lowest BCUT2D eigenvalue weighted by atomic mass is 9.87. The molecule has 0 aromatic heterocycles. The number of rotatable bonds is 12. The predicted molar refractivity (Wildman–Crippen MR) is 131 cm³/mol. The number of amides is 1. The number of methoxy groups -OCH3 is 2. The Morgan fingerprint density at radius 2 is 1.56 bits per heavy atom. The number of nitrogens with zero attached hydrogens (tertiary/aromatic N) is 1. The van der Waals surface area contributed by atoms with Gasteiger partial charge in [0.2, 0.25) is 5.91 Å². The van der Waals surface area contributed by atoms with Crippen LogP contribution in [0.4, 0.5) is 0 Å². The Hall–Kier alpha value is -2.53. The number of hydrogen-bond acceptors (Lipinski definition) is 4. The van der Waals surface area contributed by atoms with Gasteiger partial charge in [0.25, 0.3) is 0 Å². The van der Waals surface area contributed by atoms with E-state index in [0.717, 1.165) is 36.8 Å². The van der Waals surface area contributed by atoms with E-state index in [9.17, 15) is 4.79 Å². The summed E-state index contributed by atoms with van der Waals surface area (Å²) in [5, 5.41) is 0. The summed E-state index contributed by atoms with van der Waals surface area (Å²) in [6, 6.07) is 14.6. The number of carbonyl (C=O) groups is 1. The Morgan fingerprint density at radius 3 is 2.16 bits per heavy atom. The highest BCUT2D eigenvalue weighted by atomic mass is 16.5. The first-order chi connectivity index (χ1) is 15.3. The van der Waals surface area contributed by atoms with Crippen molar-refractivity contribution in [2.75, 3.05) is 27.3 Å². The van der Waals surface area contributed by atoms with Crippen molar-refractivity contribution in [3.63, 3.8) is 0 Å². The number of nitrogens with two attached hydrogens (primary N) is 1. The zero-order chi connectivity index (χ0) is 23.6. The van der Waals surface area contributed by atoms with Crippen LogP contribution in [0.25, 0.3) is 0 Å². The van der Waals surface area contributed by atoms with Crippen LogP contribution in [0.3, 0.4) is 0 Å². The molecule has 2 aromatic rings. The van der Waals surface area contributed by atoms with Crippen LogP contribution in [-0.2, 0) is 23.2 Å². The van der Waals surface area contributed by atoms with Crippen LogP contribution in [0.15, 0.2) is 42.5 Å². The van der Waals surface area contributed by atoms with E-state index in [4.69, 9.17) is 15.2 Å². The molecule has 5 heteroatoms. The van der Waals surface area contributed by atoms with Gasteiger partial charge in [-0.3, -0.25) is 4.79 Å². The SMILES string of the molecule is COc1ccc(CCN(Cc2ccc(C(C)(C)C)cc2)C(=O)CCCCCN)cc1OC. The number of ether oxygens (including phenoxy) is 2. The molecule has 0 saturated carbocycles. The largest absolute Gasteiger partial charge is 0.493 e. The molecular weight excluding hydrogens is 400 g/mol. The second kappa shape index (κ2) is 12.5. The standard InChI is InChI=1S/C27H40N2O3/c1-27(2,3)23-13-10-22(11-14-23)20-29(26(30)9-7-6-8-17-28)18-16-21-12-15-24(31-4)25(19-21)32-5/h10-15,19H,6-9,16-18,20,28H2,1-5H3. The van der Waals surface area contributed by atoms with Crippen molar-refractivity contribution in [3.8, 4) is 11.5 Å². The minimum Gasteiger partial charge on any atom is -0.493 e. The maximum Gasteiger partial charge on any atom is 0.222 e. The molecule has 1 amide bonds. The predicted octanol–water partition coefficient (Wildman–Crippen LogP) is 5.09. The zero-order valence-corrected chi connectivity index (χ0v) is 20.4. The Bertz CT molecular complexity index is 841. The third-order valence-electron chi connectivity index (χ3n) is 5.76. The van der Waals surface area contributed by atoms with Crippen molar-refractivity contribution in [3.05, 3.63) is 59.2 Å². The minimum atomic E-state index is 0.116. The van der Waals surface area contributed by atoms with Crippen molar-refractivity contribution in [1.29, 1.82) is 0 Å². The van der Waals surface area contributed by atoms with Crippen molar-refractivity contribution in [2.45, 2.75) is 64.8 Å². The topological polar surface area (TPSA) is 64.8 Å². The van der Waals surface area contributed by atoms with Gasteiger partial charge in [-0.15, -0.1) is 0 Å². The van der Waals surface area contributed by atoms with Gasteiger partial charge < -0.3 is 20.1 Å². The fourth-order valence-electron chi connectivity index (χ4n) is 3.68. The summed E-state index contributed by atoms with van der Waals surface area (Å²) in [5.41, 5.74) is 9.28. The molecule has 0 aliphatic heterocycles. The van der Waals surface area contributed by atoms with Gasteiger partial charge in [0.1, 0.15) is 0 Å². The number of hydrogen-bond donors (Lipinski definition) is 1. The Morgan fingerprint density at radius 1 is 0.906 bits per heavy atom. The second-order valence-corrected chi connectivity index (χ2v) is 9.30. The lowest BCUT2D eigenvalue weighted by Crippen LogP contribution is -2.32. The summed E-state index contributed by atoms with van der Waals surface area (Å²) in [5.74, 6) is 1.62. The lowest BCUT2D eigenvalue weighted by Gasteiger charge is -2.24. The summed E-state index contributed by atoms with van der Waals surface area (Å²) < 4.78 is 10.8. The summed E-state index contributed by atoms with van der Waals surface area (Å²) in [7, 11) is 3.27. The highest BCUT2D eigenvalue weighted by Gasteiger charge is 2.17. The molecule has 0 aliphatic rings. The van der Waals surface area contributed by atoms with Gasteiger partial charge >= 0.3 is 0 Å². The first kappa shape index (κ1) is 25.7. The average Bonchev–Trinajstić information content (AvgIpc) is 2.78. The molecule has 5 nitrogen and oxygen atoms in total. The molecule has 0 spiro atoms. The summed E-state index contributed by atoms with van der Waals surface area (Å²) in [4.78, 5) is 15.0. The lowest BCUT2D eigenvalue weighted by molar-refractivity contribution is -0.131. The van der Waals surface area contributed by atoms with Crippen molar-refractivity contribution in [1.82, 2.24) is 4.90 Å². The highest BCUT2D eigenvalue weighted by Crippen LogP contribution is 2.28. The van der Waals surface area contributed by atoms with E-state index in [-0.39, 0.29) is 11.3 Å². The maximum absolute atomic E-state index is 13.0. The normalized spacial score (nSPS) is 11.3. The molecule has 32 heavy (non-hydrogen) atoms. The molecule has 0 radical (unpaired) electrons. The van der Waals surface area contributed by atoms with E-state index in [2.05, 4.69) is 45.0 Å². The van der Waals surface area contributed by atoms with Gasteiger partial charge in [0.15, 0.2) is 11.5 Å². The minimum absolute atomic E-state index is 0.116. The van der Waals surface area contributed by atoms with Crippen LogP contribution in [0, 0.1) is 0 Å². The van der Waals surface area contributed by atoms with Gasteiger partial charge in [0, 0.05) is 19.5 Å². The zero-order valence-electron chi connectivity index (χ0n) is 20.4. The van der Waals surface area contributed by atoms with E-state index in [1.807, 2.05) is 23.1 Å². The fraction of sp³-hybridized carbons (Fsp3) is 0.519. The van der Waals surface area contributed by atoms with Crippen molar-refractivity contribution < 1.29 is 14.3 Å². The van der Waals surface area contributed by atoms with Gasteiger partial charge in [-0.1, -0.05) is 57.5 Å². The molecule has 0 atom stereocenters. The maximum atomic E-state index is 13.0. The van der Waals surface area contributed by atoms with E-state index in [1.54, 1.807) is 14.2 Å². The molecule has 0 bridgehead atoms. The summed E-state index contributed by atoms with van der Waals surface area (Å²) in [6.45, 7) is 8.59. The van der Waals surface area contributed by atoms with Crippen molar-refractivity contribution in [2.24, 2.45) is 5.73 Å². The molecule has 0 heterocycles. The van der Waals surface area contributed by atoms with Crippen LogP contribution >= 0.6 is 0 Å². The van der Waals surface area contributed by atoms with Crippen LogP contribution in [0.2, 0.25) is 0 Å². The van der Waals surface area contributed by atoms with Gasteiger partial charge in [0.05, 0.1) is 14.2 Å². The molecule has 176 valence electrons. The molecule has 0 saturated heterocycles. The first-order valence-electron chi connectivity index (χ1n) is 11.6. The fourth-order valence-corrected chi connectivity index (χ4v) is 3.68. The van der Waals surface area contributed by atoms with Crippen LogP contribution in [-0.4, -0.2) is 38.1 Å². The molecule has 2 N–H and O–H groups in total. The first-order valence-corrected chi connectivity index (χ1v) is 11.6. The third kappa shape index (κ3) is 7.86. The monoisotopic (exact) mass is 440 g/mol. The van der Waals surface area contributed by atoms with Crippen LogP contribution in [0.1, 0.15) is 63.1 Å². The summed E-state index contributed by atoms with van der Waals surface area (Å²) >= 11 is 0. The molecule has 0 fully saturated rings. The molecule has 0 aliphatic carbocycles. The van der Waals surface area contributed by atoms with E-state index < -0.39 is 0 Å². The second-order valence-electron chi connectivity index (χ2n) is 9.30. The Balaban J connectivity index is 2.10. The van der Waals surface area contributed by atoms with Crippen LogP contribution in [0.5, 0.6) is 11.5 Å². The summed E-state index contributed by atoms with van der Waals surface area (Å²) in [6.07, 6.45) is 4.16. The number of carbonyl (C=O) groups excluding carboxylic acids is 1. The van der Waals surface area contributed by atoms with Gasteiger partial charge in [-0.05, 0) is 60.0 Å². The smallest absolute Gasteiger partial charge is 0.222 e. The number of unbranched alkanes of at least 4 members (excludes halogenated alkanes) is 2. The number of benzene rings is 2. The van der Waals surface area contributed by atoms with E-state index in [1.165, 1.54) is 5.56 Å². The van der Waals surface area contributed by atoms with Gasteiger partial charge in [-0.25, -0.2) is 0 Å². The highest BCUT2D eigenvalue weighted by molar-refractivity contribution is 5.76. The third-order valence-corrected chi connectivity index (χ3v) is 5.76. The van der Waals surface area contributed by atoms with E-state index in [0.29, 0.717) is 37.6 Å². The van der Waals surface area contributed by atoms with E-state index >= 15 is 0 Å². The van der Waals surface area contributed by atoms with Crippen molar-refractivity contribution >= 4 is 5.91 Å². The molecule has 2 rings (SSSR count). The average molecular weight is 441 g/mol. The molecular formula is C27H40N2O3.